The summed E-state index contributed by atoms with van der Waals surface area (Å²) >= 11 is 0. The van der Waals surface area contributed by atoms with Gasteiger partial charge in [0.15, 0.2) is 0 Å². The number of carboxylic acids is 1. The van der Waals surface area contributed by atoms with Crippen molar-refractivity contribution in [1.82, 2.24) is 5.16 Å². The number of hydrogen-bond acceptors (Lipinski definition) is 5. The number of carbonyl (C=O) groups is 1. The Balaban J connectivity index is 2.74. The zero-order chi connectivity index (χ0) is 10.6. The van der Waals surface area contributed by atoms with Crippen molar-refractivity contribution in [1.29, 1.82) is 0 Å². The second kappa shape index (κ2) is 4.40. The molecular formula is C8H10N2O4. The van der Waals surface area contributed by atoms with Crippen LogP contribution in [-0.2, 0) is 11.2 Å². The molecule has 0 bridgehead atoms. The van der Waals surface area contributed by atoms with Gasteiger partial charge in [0.05, 0.1) is 12.6 Å². The van der Waals surface area contributed by atoms with E-state index in [0.717, 1.165) is 6.21 Å². The van der Waals surface area contributed by atoms with Crippen molar-refractivity contribution in [3.63, 3.8) is 0 Å². The molecule has 6 nitrogen and oxygen atoms in total. The fraction of sp³-hybridized carbons (Fsp3) is 0.375. The predicted octanol–water partition coefficient (Wildman–Crippen LogP) is 0.808. The lowest BCUT2D eigenvalue weighted by molar-refractivity contribution is -0.137. The van der Waals surface area contributed by atoms with Crippen LogP contribution in [-0.4, -0.2) is 27.7 Å². The second-order valence-electron chi connectivity index (χ2n) is 2.75. The third kappa shape index (κ3) is 2.32. The Morgan fingerprint density at radius 2 is 2.43 bits per heavy atom. The first kappa shape index (κ1) is 10.2. The summed E-state index contributed by atoms with van der Waals surface area (Å²) in [5, 5.41) is 23.1. The molecule has 0 saturated carbocycles. The lowest BCUT2D eigenvalue weighted by atomic mass is 10.1. The quantitative estimate of drug-likeness (QED) is 0.424. The monoisotopic (exact) mass is 198 g/mol. The Morgan fingerprint density at radius 1 is 1.71 bits per heavy atom. The minimum atomic E-state index is -0.891. The Labute approximate surface area is 79.8 Å². The maximum absolute atomic E-state index is 10.3. The van der Waals surface area contributed by atoms with E-state index in [1.54, 1.807) is 6.92 Å². The number of oxime groups is 1. The summed E-state index contributed by atoms with van der Waals surface area (Å²) in [7, 11) is 0. The highest BCUT2D eigenvalue weighted by Gasteiger charge is 2.11. The van der Waals surface area contributed by atoms with Gasteiger partial charge < -0.3 is 14.8 Å². The third-order valence-corrected chi connectivity index (χ3v) is 1.80. The molecule has 0 spiro atoms. The third-order valence-electron chi connectivity index (χ3n) is 1.80. The van der Waals surface area contributed by atoms with Crippen LogP contribution in [0.1, 0.15) is 23.4 Å². The van der Waals surface area contributed by atoms with Crippen molar-refractivity contribution in [3.05, 3.63) is 17.0 Å². The zero-order valence-corrected chi connectivity index (χ0v) is 7.60. The van der Waals surface area contributed by atoms with Crippen LogP contribution >= 0.6 is 0 Å². The van der Waals surface area contributed by atoms with Gasteiger partial charge in [-0.1, -0.05) is 10.3 Å². The van der Waals surface area contributed by atoms with Gasteiger partial charge in [0.1, 0.15) is 11.5 Å². The molecule has 76 valence electrons. The fourth-order valence-corrected chi connectivity index (χ4v) is 1.01. The van der Waals surface area contributed by atoms with Gasteiger partial charge in [-0.25, -0.2) is 0 Å². The number of carboxylic acid groups (broad SMARTS) is 1. The van der Waals surface area contributed by atoms with E-state index in [0.29, 0.717) is 17.0 Å². The smallest absolute Gasteiger partial charge is 0.303 e. The maximum Gasteiger partial charge on any atom is 0.303 e. The minimum Gasteiger partial charge on any atom is -0.481 e. The SMILES string of the molecule is Cc1c(C=NO)noc1CCC(=O)O. The molecule has 0 atom stereocenters. The first-order valence-electron chi connectivity index (χ1n) is 3.99. The molecule has 14 heavy (non-hydrogen) atoms. The Kier molecular flexibility index (Phi) is 3.22. The van der Waals surface area contributed by atoms with Crippen LogP contribution in [0.25, 0.3) is 0 Å². The minimum absolute atomic E-state index is 0.00819. The average molecular weight is 198 g/mol. The van der Waals surface area contributed by atoms with Crippen LogP contribution in [0, 0.1) is 6.92 Å². The standard InChI is InChI=1S/C8H10N2O4/c1-5-6(4-9-13)10-14-7(5)2-3-8(11)12/h4,13H,2-3H2,1H3,(H,11,12). The van der Waals surface area contributed by atoms with E-state index in [1.165, 1.54) is 0 Å². The maximum atomic E-state index is 10.3. The Hall–Kier alpha value is -1.85. The van der Waals surface area contributed by atoms with Gasteiger partial charge in [0, 0.05) is 12.0 Å². The molecule has 1 aromatic heterocycles. The van der Waals surface area contributed by atoms with Gasteiger partial charge in [0.2, 0.25) is 0 Å². The molecular weight excluding hydrogens is 188 g/mol. The number of nitrogens with zero attached hydrogens (tertiary/aromatic N) is 2. The lowest BCUT2D eigenvalue weighted by Crippen LogP contribution is -1.97. The van der Waals surface area contributed by atoms with Crippen LogP contribution in [0.5, 0.6) is 0 Å². The van der Waals surface area contributed by atoms with E-state index in [4.69, 9.17) is 14.8 Å². The van der Waals surface area contributed by atoms with Crippen molar-refractivity contribution in [3.8, 4) is 0 Å². The zero-order valence-electron chi connectivity index (χ0n) is 7.60. The summed E-state index contributed by atoms with van der Waals surface area (Å²) in [6.45, 7) is 1.73. The van der Waals surface area contributed by atoms with E-state index < -0.39 is 5.97 Å². The number of rotatable bonds is 4. The largest absolute Gasteiger partial charge is 0.481 e. The van der Waals surface area contributed by atoms with Crippen LogP contribution in [0.15, 0.2) is 9.68 Å². The van der Waals surface area contributed by atoms with E-state index in [1.807, 2.05) is 0 Å². The van der Waals surface area contributed by atoms with E-state index in [2.05, 4.69) is 10.3 Å². The molecule has 0 unspecified atom stereocenters. The summed E-state index contributed by atoms with van der Waals surface area (Å²) in [4.78, 5) is 10.3. The van der Waals surface area contributed by atoms with Crippen molar-refractivity contribution in [2.45, 2.75) is 19.8 Å². The molecule has 2 N–H and O–H groups in total. The molecule has 1 heterocycles. The Morgan fingerprint density at radius 3 is 3.00 bits per heavy atom. The summed E-state index contributed by atoms with van der Waals surface area (Å²) in [6.07, 6.45) is 1.42. The van der Waals surface area contributed by atoms with E-state index >= 15 is 0 Å². The summed E-state index contributed by atoms with van der Waals surface area (Å²) < 4.78 is 4.88. The summed E-state index contributed by atoms with van der Waals surface area (Å²) in [5.41, 5.74) is 1.11. The van der Waals surface area contributed by atoms with E-state index in [-0.39, 0.29) is 12.8 Å². The number of aryl methyl sites for hydroxylation is 1. The average Bonchev–Trinajstić information content (AvgIpc) is 2.46. The van der Waals surface area contributed by atoms with Crippen molar-refractivity contribution in [2.75, 3.05) is 0 Å². The molecule has 0 amide bonds. The normalized spacial score (nSPS) is 10.9. The highest BCUT2D eigenvalue weighted by atomic mass is 16.5. The second-order valence-corrected chi connectivity index (χ2v) is 2.75. The van der Waals surface area contributed by atoms with Gasteiger partial charge >= 0.3 is 5.97 Å². The summed E-state index contributed by atoms with van der Waals surface area (Å²) in [5.74, 6) is -0.388. The molecule has 0 aliphatic carbocycles. The lowest BCUT2D eigenvalue weighted by Gasteiger charge is -1.92. The highest BCUT2D eigenvalue weighted by molar-refractivity contribution is 5.78. The molecule has 0 saturated heterocycles. The first-order chi connectivity index (χ1) is 6.65. The number of hydrogen-bond donors (Lipinski definition) is 2. The number of aromatic nitrogens is 1. The molecule has 0 radical (unpaired) electrons. The summed E-state index contributed by atoms with van der Waals surface area (Å²) in [6, 6.07) is 0. The van der Waals surface area contributed by atoms with Crippen LogP contribution < -0.4 is 0 Å². The predicted molar refractivity (Wildman–Crippen MR) is 46.6 cm³/mol. The Bertz CT molecular complexity index is 356. The van der Waals surface area contributed by atoms with Gasteiger partial charge in [0.25, 0.3) is 0 Å². The molecule has 0 fully saturated rings. The number of aliphatic carboxylic acids is 1. The fourth-order valence-electron chi connectivity index (χ4n) is 1.01. The molecule has 1 aromatic rings. The highest BCUT2D eigenvalue weighted by Crippen LogP contribution is 2.13. The van der Waals surface area contributed by atoms with Gasteiger partial charge in [-0.3, -0.25) is 4.79 Å². The van der Waals surface area contributed by atoms with E-state index in [9.17, 15) is 4.79 Å². The molecule has 0 aliphatic heterocycles. The van der Waals surface area contributed by atoms with Gasteiger partial charge in [-0.05, 0) is 6.92 Å². The van der Waals surface area contributed by atoms with Crippen LogP contribution in [0.3, 0.4) is 0 Å². The first-order valence-corrected chi connectivity index (χ1v) is 3.99. The molecule has 1 rings (SSSR count). The van der Waals surface area contributed by atoms with Crippen molar-refractivity contribution >= 4 is 12.2 Å². The molecule has 6 heteroatoms. The van der Waals surface area contributed by atoms with Gasteiger partial charge in [-0.15, -0.1) is 0 Å². The molecule has 0 aromatic carbocycles. The van der Waals surface area contributed by atoms with Crippen LogP contribution in [0.4, 0.5) is 0 Å². The van der Waals surface area contributed by atoms with Crippen molar-refractivity contribution in [2.24, 2.45) is 5.16 Å². The van der Waals surface area contributed by atoms with Crippen molar-refractivity contribution < 1.29 is 19.6 Å². The molecule has 0 aliphatic rings. The topological polar surface area (TPSA) is 95.9 Å². The van der Waals surface area contributed by atoms with Crippen LogP contribution in [0.2, 0.25) is 0 Å². The van der Waals surface area contributed by atoms with Gasteiger partial charge in [-0.2, -0.15) is 0 Å².